The average molecular weight is 1040 g/mol. The highest BCUT2D eigenvalue weighted by molar-refractivity contribution is 5.90. The lowest BCUT2D eigenvalue weighted by atomic mass is 9.95. The highest BCUT2D eigenvalue weighted by atomic mass is 19.3. The van der Waals surface area contributed by atoms with Crippen LogP contribution in [-0.2, 0) is 34.6 Å². The van der Waals surface area contributed by atoms with Gasteiger partial charge in [-0.25, -0.2) is 29.1 Å². The Morgan fingerprint density at radius 2 is 1.31 bits per heavy atom. The first-order valence-electron chi connectivity index (χ1n) is 24.9. The number of carboxylic acid groups (broad SMARTS) is 2. The van der Waals surface area contributed by atoms with Gasteiger partial charge in [-0.15, -0.1) is 0 Å². The Labute approximate surface area is 429 Å². The zero-order valence-corrected chi connectivity index (χ0v) is 42.1. The molecule has 398 valence electrons. The first-order chi connectivity index (χ1) is 35.6. The number of alkyl halides is 2. The van der Waals surface area contributed by atoms with Crippen LogP contribution in [0.15, 0.2) is 60.8 Å². The Kier molecular flexibility index (Phi) is 14.0. The minimum Gasteiger partial charge on any atom is -0.479 e. The lowest BCUT2D eigenvalue weighted by Crippen LogP contribution is -2.54. The molecule has 8 atom stereocenters. The lowest BCUT2D eigenvalue weighted by Gasteiger charge is -2.37. The molecule has 3 aliphatic carbocycles. The summed E-state index contributed by atoms with van der Waals surface area (Å²) in [6, 6.07) is 13.8. The van der Waals surface area contributed by atoms with Crippen molar-refractivity contribution in [2.45, 2.75) is 115 Å². The van der Waals surface area contributed by atoms with E-state index in [2.05, 4.69) is 20.6 Å². The third-order valence-electron chi connectivity index (χ3n) is 15.5. The van der Waals surface area contributed by atoms with Gasteiger partial charge in [0.25, 0.3) is 5.92 Å². The number of rotatable bonds is 13. The summed E-state index contributed by atoms with van der Waals surface area (Å²) in [6.07, 6.45) is 1.22. The molecule has 5 aliphatic rings. The molecule has 0 radical (unpaired) electrons. The fraction of sp³-hybridized carbons (Fsp3) is 0.472. The quantitative estimate of drug-likeness (QED) is 0.0626. The van der Waals surface area contributed by atoms with E-state index >= 15 is 8.78 Å². The van der Waals surface area contributed by atoms with Gasteiger partial charge in [-0.2, -0.15) is 8.78 Å². The molecule has 2 saturated heterocycles. The fourth-order valence-corrected chi connectivity index (χ4v) is 11.3. The number of alkyl carbamates (subject to hydrolysis) is 2. The summed E-state index contributed by atoms with van der Waals surface area (Å²) in [6.45, 7) is 8.09. The number of H-pyrrole nitrogens is 2. The highest BCUT2D eigenvalue weighted by Crippen LogP contribution is 2.59. The SMILES string of the molecule is COC(=O)NC(C(=O)N1CC2(CC2)CC1c1ncc(-c2ccc3c(c2)C(F)(F)c2cc(-c4ccc5nc(C6C7CCC(C7)N6C(=O)C(NC(=O)OC)C(C)C)[nH]c5c4)ccc2-3)[nH]1)C(C)C.O=C(O)C(O)C(O)C(=O)O. The number of carbonyl (C=O) groups is 6. The van der Waals surface area contributed by atoms with E-state index in [1.165, 1.54) is 20.3 Å². The number of carbonyl (C=O) groups excluding carboxylic acids is 4. The summed E-state index contributed by atoms with van der Waals surface area (Å²) in [5.41, 5.74) is 4.68. The molecule has 22 heteroatoms. The maximum atomic E-state index is 16.7. The van der Waals surface area contributed by atoms with Crippen LogP contribution in [0.2, 0.25) is 0 Å². The molecule has 4 fully saturated rings. The van der Waals surface area contributed by atoms with Gasteiger partial charge in [0.2, 0.25) is 11.8 Å². The predicted molar refractivity (Wildman–Crippen MR) is 265 cm³/mol. The molecule has 4 heterocycles. The second kappa shape index (κ2) is 20.0. The number of likely N-dealkylation sites (tertiary alicyclic amines) is 2. The molecule has 4 amide bonds. The molecule has 1 spiro atoms. The van der Waals surface area contributed by atoms with E-state index in [0.717, 1.165) is 49.6 Å². The first-order valence-corrected chi connectivity index (χ1v) is 24.9. The van der Waals surface area contributed by atoms with Crippen LogP contribution in [0.4, 0.5) is 18.4 Å². The van der Waals surface area contributed by atoms with Crippen molar-refractivity contribution in [1.82, 2.24) is 40.4 Å². The van der Waals surface area contributed by atoms with Crippen molar-refractivity contribution in [2.24, 2.45) is 23.2 Å². The van der Waals surface area contributed by atoms with Gasteiger partial charge in [0.15, 0.2) is 12.2 Å². The molecule has 2 aliphatic heterocycles. The number of aliphatic hydroxyl groups excluding tert-OH is 2. The summed E-state index contributed by atoms with van der Waals surface area (Å²) in [5.74, 6) is -6.07. The van der Waals surface area contributed by atoms with E-state index in [9.17, 15) is 28.8 Å². The third-order valence-corrected chi connectivity index (χ3v) is 15.5. The van der Waals surface area contributed by atoms with Gasteiger partial charge in [-0.3, -0.25) is 9.59 Å². The minimum atomic E-state index is -3.29. The number of aliphatic hydroxyl groups is 2. The van der Waals surface area contributed by atoms with Gasteiger partial charge >= 0.3 is 24.1 Å². The number of hydrogen-bond donors (Lipinski definition) is 8. The third kappa shape index (κ3) is 9.76. The number of nitrogens with one attached hydrogen (secondary N) is 4. The van der Waals surface area contributed by atoms with Crippen molar-refractivity contribution in [3.63, 3.8) is 0 Å². The molecule has 20 nitrogen and oxygen atoms in total. The standard InChI is InChI=1S/C49H54F2N8O6.C4H6O6/c1-24(2)39(56-46(62)64-5)44(60)58-23-48(15-16-48)21-38(58)42-52-22-37(55-42)28-9-13-32-31-12-8-26(18-33(31)49(50,51)34(32)19-28)27-10-14-35-36(20-27)54-43(53-35)41-29-7-11-30(17-29)59(41)45(61)40(25(3)4)57-47(63)65-6;5-1(3(7)8)2(6)4(9)10/h8-10,12-14,18-20,22,24-25,29-30,38-41H,7,11,15-17,21,23H2,1-6H3,(H,52,55)(H,53,54)(H,56,62)(H,57,63);1-2,5-6H,(H,7,8)(H,9,10). The highest BCUT2D eigenvalue weighted by Gasteiger charge is 2.56. The summed E-state index contributed by atoms with van der Waals surface area (Å²) < 4.78 is 43.0. The van der Waals surface area contributed by atoms with Crippen LogP contribution in [0, 0.1) is 23.2 Å². The number of aromatic nitrogens is 4. The number of carboxylic acids is 2. The van der Waals surface area contributed by atoms with Gasteiger partial charge in [-0.1, -0.05) is 58.0 Å². The number of ether oxygens (including phenoxy) is 2. The number of piperidine rings is 1. The fourth-order valence-electron chi connectivity index (χ4n) is 11.3. The number of halogens is 2. The number of fused-ring (bicyclic) bond motifs is 6. The summed E-state index contributed by atoms with van der Waals surface area (Å²) in [4.78, 5) is 92.1. The van der Waals surface area contributed by atoms with Crippen molar-refractivity contribution in [1.29, 1.82) is 0 Å². The second-order valence-corrected chi connectivity index (χ2v) is 21.0. The molecule has 2 bridgehead atoms. The van der Waals surface area contributed by atoms with Crippen molar-refractivity contribution in [3.8, 4) is 33.5 Å². The van der Waals surface area contributed by atoms with Gasteiger partial charge < -0.3 is 60.3 Å². The summed E-state index contributed by atoms with van der Waals surface area (Å²) in [7, 11) is 2.54. The molecule has 10 rings (SSSR count). The van der Waals surface area contributed by atoms with Crippen LogP contribution >= 0.6 is 0 Å². The predicted octanol–water partition coefficient (Wildman–Crippen LogP) is 6.48. The van der Waals surface area contributed by atoms with Crippen LogP contribution < -0.4 is 10.6 Å². The molecule has 8 N–H and O–H groups in total. The summed E-state index contributed by atoms with van der Waals surface area (Å²) in [5, 5.41) is 38.0. The Hall–Kier alpha value is -7.46. The Balaban J connectivity index is 0.000000626. The van der Waals surface area contributed by atoms with E-state index in [0.29, 0.717) is 51.7 Å². The topological polar surface area (TPSA) is 290 Å². The Bertz CT molecular complexity index is 3060. The van der Waals surface area contributed by atoms with E-state index in [1.807, 2.05) is 62.9 Å². The van der Waals surface area contributed by atoms with Crippen molar-refractivity contribution in [3.05, 3.63) is 83.6 Å². The van der Waals surface area contributed by atoms with Crippen LogP contribution in [-0.4, -0.2) is 137 Å². The van der Waals surface area contributed by atoms with Crippen LogP contribution in [0.5, 0.6) is 0 Å². The number of benzene rings is 3. The molecule has 3 aromatic carbocycles. The number of nitrogens with zero attached hydrogens (tertiary/aromatic N) is 4. The Morgan fingerprint density at radius 1 is 0.747 bits per heavy atom. The smallest absolute Gasteiger partial charge is 0.407 e. The van der Waals surface area contributed by atoms with E-state index in [4.69, 9.17) is 39.9 Å². The molecule has 8 unspecified atom stereocenters. The minimum absolute atomic E-state index is 0.0102. The van der Waals surface area contributed by atoms with E-state index < -0.39 is 54.3 Å². The molecular weight excluding hydrogens is 979 g/mol. The number of methoxy groups -OCH3 is 2. The lowest BCUT2D eigenvalue weighted by molar-refractivity contribution is -0.165. The molecule has 2 aromatic heterocycles. The van der Waals surface area contributed by atoms with Crippen molar-refractivity contribution >= 4 is 47.0 Å². The van der Waals surface area contributed by atoms with E-state index in [1.54, 1.807) is 29.3 Å². The Morgan fingerprint density at radius 3 is 1.88 bits per heavy atom. The number of amides is 4. The van der Waals surface area contributed by atoms with Gasteiger partial charge in [0.1, 0.15) is 23.7 Å². The zero-order valence-electron chi connectivity index (χ0n) is 42.1. The van der Waals surface area contributed by atoms with Crippen molar-refractivity contribution in [2.75, 3.05) is 20.8 Å². The largest absolute Gasteiger partial charge is 0.479 e. The number of aliphatic carboxylic acids is 2. The first kappa shape index (κ1) is 52.4. The van der Waals surface area contributed by atoms with Gasteiger partial charge in [0, 0.05) is 29.3 Å². The van der Waals surface area contributed by atoms with Gasteiger partial charge in [0.05, 0.1) is 49.2 Å². The maximum Gasteiger partial charge on any atom is 0.407 e. The van der Waals surface area contributed by atoms with Crippen molar-refractivity contribution < 1.29 is 67.4 Å². The number of aromatic amines is 2. The van der Waals surface area contributed by atoms with E-state index in [-0.39, 0.29) is 64.2 Å². The normalized spacial score (nSPS) is 22.0. The van der Waals surface area contributed by atoms with Crippen LogP contribution in [0.25, 0.3) is 44.5 Å². The van der Waals surface area contributed by atoms with Crippen LogP contribution in [0.1, 0.15) is 101 Å². The second-order valence-electron chi connectivity index (χ2n) is 21.0. The zero-order chi connectivity index (χ0) is 54.0. The number of imidazole rings is 2. The summed E-state index contributed by atoms with van der Waals surface area (Å²) >= 11 is 0. The molecule has 75 heavy (non-hydrogen) atoms. The molecule has 2 saturated carbocycles. The average Bonchev–Trinajstić information content (AvgIpc) is 4.10. The molecular formula is C53H60F2N8O12. The number of hydrogen-bond acceptors (Lipinski definition) is 12. The monoisotopic (exact) mass is 1040 g/mol. The van der Waals surface area contributed by atoms with Crippen LogP contribution in [0.3, 0.4) is 0 Å². The maximum absolute atomic E-state index is 16.7. The molecule has 5 aromatic rings. The van der Waals surface area contributed by atoms with Gasteiger partial charge in [-0.05, 0) is 108 Å².